The molecule has 0 aromatic rings. The van der Waals surface area contributed by atoms with Crippen molar-refractivity contribution < 1.29 is 4.79 Å². The standard InChI is InChI=1S/C4H6N2OS2/c5-6-3(7)1-2-9-4(6)8/h1-2,5H2. The minimum Gasteiger partial charge on any atom is -0.273 e. The van der Waals surface area contributed by atoms with Crippen LogP contribution in [0.4, 0.5) is 0 Å². The summed E-state index contributed by atoms with van der Waals surface area (Å²) in [5.74, 6) is 5.93. The van der Waals surface area contributed by atoms with Crippen LogP contribution < -0.4 is 5.84 Å². The van der Waals surface area contributed by atoms with Crippen LogP contribution in [0.1, 0.15) is 6.42 Å². The van der Waals surface area contributed by atoms with E-state index in [0.717, 1.165) is 10.8 Å². The van der Waals surface area contributed by atoms with Gasteiger partial charge in [0.2, 0.25) is 5.91 Å². The van der Waals surface area contributed by atoms with E-state index in [2.05, 4.69) is 0 Å². The molecule has 1 amide bonds. The smallest absolute Gasteiger partial charge is 0.243 e. The van der Waals surface area contributed by atoms with E-state index in [1.54, 1.807) is 0 Å². The molecular weight excluding hydrogens is 156 g/mol. The molecule has 0 spiro atoms. The van der Waals surface area contributed by atoms with Crippen LogP contribution >= 0.6 is 24.0 Å². The van der Waals surface area contributed by atoms with Gasteiger partial charge in [-0.25, -0.2) is 10.9 Å². The molecule has 50 valence electrons. The highest BCUT2D eigenvalue weighted by molar-refractivity contribution is 8.23. The summed E-state index contributed by atoms with van der Waals surface area (Å²) in [7, 11) is 0. The van der Waals surface area contributed by atoms with Gasteiger partial charge in [0.1, 0.15) is 0 Å². The number of hydrogen-bond donors (Lipinski definition) is 1. The van der Waals surface area contributed by atoms with Crippen LogP contribution in [0.15, 0.2) is 0 Å². The van der Waals surface area contributed by atoms with Crippen LogP contribution in [0.25, 0.3) is 0 Å². The first-order valence-corrected chi connectivity index (χ1v) is 3.85. The van der Waals surface area contributed by atoms with Crippen molar-refractivity contribution >= 4 is 34.2 Å². The minimum absolute atomic E-state index is 0.0845. The van der Waals surface area contributed by atoms with Crippen molar-refractivity contribution in [1.29, 1.82) is 0 Å². The van der Waals surface area contributed by atoms with Crippen molar-refractivity contribution in [3.05, 3.63) is 0 Å². The molecule has 0 atom stereocenters. The van der Waals surface area contributed by atoms with E-state index in [1.165, 1.54) is 11.8 Å². The van der Waals surface area contributed by atoms with Gasteiger partial charge in [0.05, 0.1) is 0 Å². The maximum Gasteiger partial charge on any atom is 0.243 e. The Morgan fingerprint density at radius 2 is 2.44 bits per heavy atom. The molecule has 0 radical (unpaired) electrons. The van der Waals surface area contributed by atoms with Crippen molar-refractivity contribution in [3.63, 3.8) is 0 Å². The Labute approximate surface area is 62.5 Å². The third-order valence-corrected chi connectivity index (χ3v) is 2.41. The largest absolute Gasteiger partial charge is 0.273 e. The van der Waals surface area contributed by atoms with Crippen molar-refractivity contribution in [2.75, 3.05) is 5.75 Å². The van der Waals surface area contributed by atoms with Gasteiger partial charge in [-0.1, -0.05) is 24.0 Å². The van der Waals surface area contributed by atoms with E-state index in [-0.39, 0.29) is 5.91 Å². The van der Waals surface area contributed by atoms with Gasteiger partial charge in [-0.3, -0.25) is 4.79 Å². The molecular formula is C4H6N2OS2. The highest BCUT2D eigenvalue weighted by atomic mass is 32.2. The Kier molecular flexibility index (Phi) is 2.05. The van der Waals surface area contributed by atoms with E-state index in [9.17, 15) is 4.79 Å². The number of nitrogens with zero attached hydrogens (tertiary/aromatic N) is 1. The molecule has 3 nitrogen and oxygen atoms in total. The molecule has 1 fully saturated rings. The molecule has 0 aromatic heterocycles. The number of amides is 1. The number of nitrogens with two attached hydrogens (primary N) is 1. The van der Waals surface area contributed by atoms with Gasteiger partial charge in [0.25, 0.3) is 0 Å². The fourth-order valence-corrected chi connectivity index (χ4v) is 1.56. The van der Waals surface area contributed by atoms with Gasteiger partial charge in [-0.15, -0.1) is 0 Å². The van der Waals surface area contributed by atoms with Crippen LogP contribution in [0.3, 0.4) is 0 Å². The molecule has 5 heteroatoms. The second kappa shape index (κ2) is 2.64. The molecule has 1 aliphatic heterocycles. The summed E-state index contributed by atoms with van der Waals surface area (Å²) in [4.78, 5) is 10.7. The zero-order chi connectivity index (χ0) is 6.85. The quantitative estimate of drug-likeness (QED) is 0.312. The zero-order valence-corrected chi connectivity index (χ0v) is 6.30. The number of thioether (sulfide) groups is 1. The molecule has 1 rings (SSSR count). The summed E-state index contributed by atoms with van der Waals surface area (Å²) in [5.41, 5.74) is 0. The van der Waals surface area contributed by atoms with Crippen molar-refractivity contribution in [1.82, 2.24) is 5.01 Å². The highest BCUT2D eigenvalue weighted by Gasteiger charge is 2.19. The second-order valence-corrected chi connectivity index (χ2v) is 3.36. The Morgan fingerprint density at radius 3 is 2.89 bits per heavy atom. The highest BCUT2D eigenvalue weighted by Crippen LogP contribution is 2.14. The number of thiocarbonyl (C=S) groups is 1. The van der Waals surface area contributed by atoms with Crippen LogP contribution in [0, 0.1) is 0 Å². The van der Waals surface area contributed by atoms with Gasteiger partial charge in [-0.2, -0.15) is 0 Å². The first-order valence-electron chi connectivity index (χ1n) is 2.46. The predicted molar refractivity (Wildman–Crippen MR) is 40.7 cm³/mol. The van der Waals surface area contributed by atoms with Crippen LogP contribution in [0.5, 0.6) is 0 Å². The van der Waals surface area contributed by atoms with E-state index in [0.29, 0.717) is 10.7 Å². The topological polar surface area (TPSA) is 46.3 Å². The predicted octanol–water partition coefficient (Wildman–Crippen LogP) is 0.111. The Bertz CT molecular complexity index is 143. The molecule has 0 unspecified atom stereocenters. The summed E-state index contributed by atoms with van der Waals surface area (Å²) < 4.78 is 0.478. The lowest BCUT2D eigenvalue weighted by molar-refractivity contribution is -0.127. The van der Waals surface area contributed by atoms with E-state index >= 15 is 0 Å². The third-order valence-electron chi connectivity index (χ3n) is 1.01. The minimum atomic E-state index is -0.0845. The van der Waals surface area contributed by atoms with Crippen LogP contribution in [-0.4, -0.2) is 21.0 Å². The van der Waals surface area contributed by atoms with E-state index < -0.39 is 0 Å². The summed E-state index contributed by atoms with van der Waals surface area (Å²) in [6.45, 7) is 0. The number of carbonyl (C=O) groups is 1. The number of carbonyl (C=O) groups excluding carboxylic acids is 1. The van der Waals surface area contributed by atoms with Crippen molar-refractivity contribution in [2.24, 2.45) is 5.84 Å². The molecule has 9 heavy (non-hydrogen) atoms. The molecule has 1 aliphatic rings. The summed E-state index contributed by atoms with van der Waals surface area (Å²) in [6.07, 6.45) is 0.501. The molecule has 0 saturated carbocycles. The summed E-state index contributed by atoms with van der Waals surface area (Å²) >= 11 is 6.19. The zero-order valence-electron chi connectivity index (χ0n) is 4.66. The summed E-state index contributed by atoms with van der Waals surface area (Å²) in [5, 5.41) is 1.03. The molecule has 0 bridgehead atoms. The normalized spacial score (nSPS) is 20.8. The van der Waals surface area contributed by atoms with Crippen molar-refractivity contribution in [2.45, 2.75) is 6.42 Å². The first kappa shape index (κ1) is 6.98. The van der Waals surface area contributed by atoms with Crippen molar-refractivity contribution in [3.8, 4) is 0 Å². The van der Waals surface area contributed by atoms with Gasteiger partial charge < -0.3 is 0 Å². The molecule has 1 heterocycles. The van der Waals surface area contributed by atoms with Gasteiger partial charge in [0, 0.05) is 12.2 Å². The van der Waals surface area contributed by atoms with Gasteiger partial charge in [0.15, 0.2) is 4.32 Å². The van der Waals surface area contributed by atoms with Gasteiger partial charge >= 0.3 is 0 Å². The third kappa shape index (κ3) is 1.41. The number of hydrogen-bond acceptors (Lipinski definition) is 4. The van der Waals surface area contributed by atoms with E-state index in [1.807, 2.05) is 0 Å². The Morgan fingerprint density at radius 1 is 1.78 bits per heavy atom. The average molecular weight is 162 g/mol. The number of hydrazine groups is 1. The van der Waals surface area contributed by atoms with Crippen LogP contribution in [-0.2, 0) is 4.79 Å². The fourth-order valence-electron chi connectivity index (χ4n) is 0.517. The molecule has 0 aliphatic carbocycles. The van der Waals surface area contributed by atoms with Gasteiger partial charge in [-0.05, 0) is 0 Å². The summed E-state index contributed by atoms with van der Waals surface area (Å²) in [6, 6.07) is 0. The lowest BCUT2D eigenvalue weighted by atomic mass is 10.4. The fraction of sp³-hybridized carbons (Fsp3) is 0.500. The maximum atomic E-state index is 10.7. The Balaban J connectivity index is 2.62. The lowest BCUT2D eigenvalue weighted by Gasteiger charge is -2.20. The van der Waals surface area contributed by atoms with E-state index in [4.69, 9.17) is 18.1 Å². The monoisotopic (exact) mass is 162 g/mol. The molecule has 2 N–H and O–H groups in total. The SMILES string of the molecule is NN1C(=O)CCSC1=S. The molecule has 0 aromatic carbocycles. The van der Waals surface area contributed by atoms with Crippen LogP contribution in [0.2, 0.25) is 0 Å². The maximum absolute atomic E-state index is 10.7. The average Bonchev–Trinajstić information content (AvgIpc) is 1.83. The molecule has 1 saturated heterocycles. The lowest BCUT2D eigenvalue weighted by Crippen LogP contribution is -2.43. The number of rotatable bonds is 0. The Hall–Kier alpha value is -0.130. The first-order chi connectivity index (χ1) is 4.22. The second-order valence-electron chi connectivity index (χ2n) is 1.63.